The molecule has 1 aromatic heterocycles. The van der Waals surface area contributed by atoms with Crippen LogP contribution in [0.15, 0.2) is 34.2 Å². The van der Waals surface area contributed by atoms with E-state index in [0.717, 1.165) is 73.4 Å². The Labute approximate surface area is 200 Å². The van der Waals surface area contributed by atoms with Crippen LogP contribution in [0.4, 0.5) is 0 Å². The minimum Gasteiger partial charge on any atom is -0.379 e. The number of nitrogens with one attached hydrogen (secondary N) is 1. The van der Waals surface area contributed by atoms with E-state index in [-0.39, 0.29) is 11.5 Å². The zero-order valence-corrected chi connectivity index (χ0v) is 20.9. The van der Waals surface area contributed by atoms with Crippen LogP contribution in [0.2, 0.25) is 0 Å². The SMILES string of the molecule is Cc1ccc(Cc2c(C)nc(SCCCCC(=O)NCCN3CCOCC3)n(C)c2=O)cc1. The van der Waals surface area contributed by atoms with Crippen molar-refractivity contribution in [2.45, 2.75) is 44.7 Å². The van der Waals surface area contributed by atoms with Crippen molar-refractivity contribution in [2.24, 2.45) is 7.05 Å². The number of benzene rings is 1. The number of thioether (sulfide) groups is 1. The molecule has 180 valence electrons. The normalized spacial score (nSPS) is 14.4. The smallest absolute Gasteiger partial charge is 0.257 e. The molecular weight excluding hydrogens is 436 g/mol. The van der Waals surface area contributed by atoms with Gasteiger partial charge in [-0.1, -0.05) is 41.6 Å². The van der Waals surface area contributed by atoms with Gasteiger partial charge in [-0.3, -0.25) is 19.1 Å². The highest BCUT2D eigenvalue weighted by Crippen LogP contribution is 2.18. The lowest BCUT2D eigenvalue weighted by Gasteiger charge is -2.26. The summed E-state index contributed by atoms with van der Waals surface area (Å²) in [5, 5.41) is 3.74. The summed E-state index contributed by atoms with van der Waals surface area (Å²) in [5.41, 5.74) is 3.88. The predicted octanol–water partition coefficient (Wildman–Crippen LogP) is 2.70. The minimum atomic E-state index is 0.0187. The zero-order chi connectivity index (χ0) is 23.6. The topological polar surface area (TPSA) is 76.5 Å². The highest BCUT2D eigenvalue weighted by molar-refractivity contribution is 7.99. The van der Waals surface area contributed by atoms with Gasteiger partial charge in [0.1, 0.15) is 0 Å². The molecule has 0 radical (unpaired) electrons. The second kappa shape index (κ2) is 12.9. The molecule has 1 aliphatic heterocycles. The molecule has 8 heteroatoms. The van der Waals surface area contributed by atoms with Crippen LogP contribution in [-0.4, -0.2) is 65.5 Å². The third kappa shape index (κ3) is 7.98. The molecular formula is C25H36N4O3S. The van der Waals surface area contributed by atoms with Gasteiger partial charge in [-0.05, 0) is 32.3 Å². The number of ether oxygens (including phenoxy) is 1. The molecule has 3 rings (SSSR count). The molecule has 0 aliphatic carbocycles. The lowest BCUT2D eigenvalue weighted by atomic mass is 10.0. The quantitative estimate of drug-likeness (QED) is 0.308. The molecule has 2 aromatic rings. The summed E-state index contributed by atoms with van der Waals surface area (Å²) in [6.07, 6.45) is 2.86. The van der Waals surface area contributed by atoms with Crippen molar-refractivity contribution in [1.29, 1.82) is 0 Å². The van der Waals surface area contributed by atoms with Crippen LogP contribution in [0.1, 0.15) is 41.6 Å². The number of carbonyl (C=O) groups excluding carboxylic acids is 1. The number of rotatable bonds is 11. The highest BCUT2D eigenvalue weighted by Gasteiger charge is 2.13. The van der Waals surface area contributed by atoms with Gasteiger partial charge < -0.3 is 10.1 Å². The summed E-state index contributed by atoms with van der Waals surface area (Å²) < 4.78 is 6.99. The lowest BCUT2D eigenvalue weighted by molar-refractivity contribution is -0.121. The van der Waals surface area contributed by atoms with E-state index in [2.05, 4.69) is 41.4 Å². The van der Waals surface area contributed by atoms with Crippen molar-refractivity contribution in [1.82, 2.24) is 19.8 Å². The number of morpholine rings is 1. The minimum absolute atomic E-state index is 0.0187. The predicted molar refractivity (Wildman–Crippen MR) is 133 cm³/mol. The van der Waals surface area contributed by atoms with Crippen molar-refractivity contribution in [3.8, 4) is 0 Å². The Morgan fingerprint density at radius 2 is 1.88 bits per heavy atom. The molecule has 0 spiro atoms. The first kappa shape index (κ1) is 25.5. The maximum atomic E-state index is 12.9. The zero-order valence-electron chi connectivity index (χ0n) is 20.1. The molecule has 0 bridgehead atoms. The van der Waals surface area contributed by atoms with Crippen LogP contribution in [0, 0.1) is 13.8 Å². The van der Waals surface area contributed by atoms with Crippen LogP contribution in [0.5, 0.6) is 0 Å². The summed E-state index contributed by atoms with van der Waals surface area (Å²) in [5.74, 6) is 0.938. The van der Waals surface area contributed by atoms with E-state index in [0.29, 0.717) is 19.4 Å². The number of nitrogens with zero attached hydrogens (tertiary/aromatic N) is 3. The third-order valence-electron chi connectivity index (χ3n) is 5.93. The van der Waals surface area contributed by atoms with E-state index in [9.17, 15) is 9.59 Å². The molecule has 1 N–H and O–H groups in total. The number of carbonyl (C=O) groups is 1. The molecule has 1 saturated heterocycles. The van der Waals surface area contributed by atoms with Gasteiger partial charge in [0.25, 0.3) is 5.56 Å². The third-order valence-corrected chi connectivity index (χ3v) is 7.05. The molecule has 33 heavy (non-hydrogen) atoms. The molecule has 1 aromatic carbocycles. The average Bonchev–Trinajstić information content (AvgIpc) is 2.81. The summed E-state index contributed by atoms with van der Waals surface area (Å²) in [7, 11) is 1.79. The first-order chi connectivity index (χ1) is 15.9. The van der Waals surface area contributed by atoms with Crippen molar-refractivity contribution >= 4 is 17.7 Å². The first-order valence-electron chi connectivity index (χ1n) is 11.8. The van der Waals surface area contributed by atoms with Crippen LogP contribution in [-0.2, 0) is 23.0 Å². The van der Waals surface area contributed by atoms with Crippen LogP contribution in [0.3, 0.4) is 0 Å². The fourth-order valence-electron chi connectivity index (χ4n) is 3.79. The monoisotopic (exact) mass is 472 g/mol. The molecule has 1 amide bonds. The fraction of sp³-hybridized carbons (Fsp3) is 0.560. The van der Waals surface area contributed by atoms with E-state index in [4.69, 9.17) is 9.72 Å². The van der Waals surface area contributed by atoms with Crippen molar-refractivity contribution in [3.05, 3.63) is 57.0 Å². The molecule has 1 aliphatic rings. The van der Waals surface area contributed by atoms with Gasteiger partial charge in [0.05, 0.1) is 13.2 Å². The van der Waals surface area contributed by atoms with Gasteiger partial charge in [0, 0.05) is 63.1 Å². The Morgan fingerprint density at radius 1 is 1.15 bits per heavy atom. The largest absolute Gasteiger partial charge is 0.379 e. The Kier molecular flexibility index (Phi) is 9.96. The van der Waals surface area contributed by atoms with E-state index in [1.807, 2.05) is 6.92 Å². The molecule has 1 fully saturated rings. The lowest BCUT2D eigenvalue weighted by Crippen LogP contribution is -2.41. The number of amides is 1. The molecule has 2 heterocycles. The summed E-state index contributed by atoms with van der Waals surface area (Å²) >= 11 is 1.58. The van der Waals surface area contributed by atoms with Crippen LogP contribution < -0.4 is 10.9 Å². The maximum absolute atomic E-state index is 12.9. The molecule has 0 saturated carbocycles. The summed E-state index contributed by atoms with van der Waals surface area (Å²) in [6, 6.07) is 8.26. The van der Waals surface area contributed by atoms with Gasteiger partial charge in [-0.2, -0.15) is 0 Å². The summed E-state index contributed by atoms with van der Waals surface area (Å²) in [4.78, 5) is 32.0. The standard InChI is InChI=1S/C25H36N4O3S/c1-19-7-9-21(10-8-19)18-22-20(2)27-25(28(3)24(22)31)33-17-5-4-6-23(30)26-11-12-29-13-15-32-16-14-29/h7-10H,4-6,11-18H2,1-3H3,(H,26,30). The highest BCUT2D eigenvalue weighted by atomic mass is 32.2. The van der Waals surface area contributed by atoms with E-state index < -0.39 is 0 Å². The number of aromatic nitrogens is 2. The maximum Gasteiger partial charge on any atom is 0.257 e. The van der Waals surface area contributed by atoms with Crippen molar-refractivity contribution < 1.29 is 9.53 Å². The second-order valence-corrected chi connectivity index (χ2v) is 9.66. The molecule has 0 atom stereocenters. The summed E-state index contributed by atoms with van der Waals surface area (Å²) in [6.45, 7) is 8.98. The fourth-order valence-corrected chi connectivity index (χ4v) is 4.80. The first-order valence-corrected chi connectivity index (χ1v) is 12.7. The van der Waals surface area contributed by atoms with Crippen LogP contribution >= 0.6 is 11.8 Å². The Balaban J connectivity index is 1.39. The van der Waals surface area contributed by atoms with E-state index in [1.54, 1.807) is 23.4 Å². The van der Waals surface area contributed by atoms with E-state index in [1.165, 1.54) is 5.56 Å². The van der Waals surface area contributed by atoms with Gasteiger partial charge in [-0.15, -0.1) is 0 Å². The molecule has 0 unspecified atom stereocenters. The van der Waals surface area contributed by atoms with Gasteiger partial charge in [0.2, 0.25) is 5.91 Å². The second-order valence-electron chi connectivity index (χ2n) is 8.59. The van der Waals surface area contributed by atoms with Crippen LogP contribution in [0.25, 0.3) is 0 Å². The average molecular weight is 473 g/mol. The van der Waals surface area contributed by atoms with Gasteiger partial charge in [-0.25, -0.2) is 4.98 Å². The Hall–Kier alpha value is -2.16. The Bertz CT molecular complexity index is 969. The number of unbranched alkanes of at least 4 members (excludes halogenated alkanes) is 1. The number of aryl methyl sites for hydroxylation is 2. The van der Waals surface area contributed by atoms with Gasteiger partial charge >= 0.3 is 0 Å². The number of hydrogen-bond donors (Lipinski definition) is 1. The Morgan fingerprint density at radius 3 is 2.61 bits per heavy atom. The molecule has 7 nitrogen and oxygen atoms in total. The van der Waals surface area contributed by atoms with Crippen molar-refractivity contribution in [3.63, 3.8) is 0 Å². The van der Waals surface area contributed by atoms with Gasteiger partial charge in [0.15, 0.2) is 5.16 Å². The number of hydrogen-bond acceptors (Lipinski definition) is 6. The van der Waals surface area contributed by atoms with Crippen molar-refractivity contribution in [2.75, 3.05) is 45.1 Å². The van der Waals surface area contributed by atoms with E-state index >= 15 is 0 Å².